The minimum Gasteiger partial charge on any atom is -0.454 e. The first-order valence-electron chi connectivity index (χ1n) is 9.23. The second-order valence-electron chi connectivity index (χ2n) is 7.03. The van der Waals surface area contributed by atoms with E-state index in [0.29, 0.717) is 6.79 Å². The number of H-pyrrole nitrogens is 1. The van der Waals surface area contributed by atoms with Crippen molar-refractivity contribution in [3.05, 3.63) is 60.2 Å². The van der Waals surface area contributed by atoms with E-state index in [0.717, 1.165) is 44.2 Å². The van der Waals surface area contributed by atoms with Crippen LogP contribution in [0.1, 0.15) is 5.56 Å². The second kappa shape index (κ2) is 6.50. The lowest BCUT2D eigenvalue weighted by Gasteiger charge is -2.28. The van der Waals surface area contributed by atoms with Crippen molar-refractivity contribution in [2.45, 2.75) is 6.54 Å². The summed E-state index contributed by atoms with van der Waals surface area (Å²) in [5, 5.41) is 1.25. The number of hydrogen-bond donors (Lipinski definition) is 1. The Bertz CT molecular complexity index is 935. The zero-order valence-corrected chi connectivity index (χ0v) is 14.7. The quantitative estimate of drug-likeness (QED) is 0.775. The number of anilines is 1. The highest BCUT2D eigenvalue weighted by molar-refractivity contribution is 5.76. The van der Waals surface area contributed by atoms with E-state index in [-0.39, 0.29) is 0 Å². The lowest BCUT2D eigenvalue weighted by Crippen LogP contribution is -3.13. The highest BCUT2D eigenvalue weighted by atomic mass is 16.7. The molecule has 1 fully saturated rings. The predicted octanol–water partition coefficient (Wildman–Crippen LogP) is 1.29. The molecule has 0 aliphatic carbocycles. The van der Waals surface area contributed by atoms with Crippen molar-refractivity contribution in [3.63, 3.8) is 0 Å². The van der Waals surface area contributed by atoms with E-state index in [2.05, 4.69) is 58.4 Å². The van der Waals surface area contributed by atoms with Gasteiger partial charge in [0.1, 0.15) is 38.2 Å². The minimum atomic E-state index is 0.340. The van der Waals surface area contributed by atoms with Crippen LogP contribution in [-0.2, 0) is 6.54 Å². The molecular weight excluding hydrogens is 326 g/mol. The number of ether oxygens (including phenoxy) is 2. The first kappa shape index (κ1) is 15.5. The van der Waals surface area contributed by atoms with Crippen molar-refractivity contribution < 1.29 is 19.4 Å². The van der Waals surface area contributed by atoms with Crippen LogP contribution in [0.2, 0.25) is 0 Å². The Kier molecular flexibility index (Phi) is 3.87. The fourth-order valence-electron chi connectivity index (χ4n) is 3.87. The Morgan fingerprint density at radius 3 is 2.69 bits per heavy atom. The lowest BCUT2D eigenvalue weighted by atomic mass is 10.1. The number of hydrogen-bond acceptors (Lipinski definition) is 3. The average Bonchev–Trinajstić information content (AvgIpc) is 3.16. The summed E-state index contributed by atoms with van der Waals surface area (Å²) in [6.45, 7) is 5.77. The number of aromatic amines is 1. The molecule has 1 aromatic heterocycles. The van der Waals surface area contributed by atoms with Gasteiger partial charge in [-0.2, -0.15) is 0 Å². The molecule has 0 unspecified atom stereocenters. The van der Waals surface area contributed by atoms with Gasteiger partial charge in [0, 0.05) is 17.0 Å². The molecule has 0 atom stereocenters. The maximum atomic E-state index is 5.49. The highest BCUT2D eigenvalue weighted by Gasteiger charge is 2.26. The molecule has 5 nitrogen and oxygen atoms in total. The van der Waals surface area contributed by atoms with Gasteiger partial charge in [0.2, 0.25) is 6.79 Å². The molecule has 2 N–H and O–H groups in total. The summed E-state index contributed by atoms with van der Waals surface area (Å²) in [7, 11) is 0. The molecule has 2 aliphatic rings. The predicted molar refractivity (Wildman–Crippen MR) is 99.7 cm³/mol. The van der Waals surface area contributed by atoms with Crippen LogP contribution >= 0.6 is 0 Å². The molecule has 2 aliphatic heterocycles. The van der Waals surface area contributed by atoms with Crippen LogP contribution in [0.5, 0.6) is 11.5 Å². The molecule has 3 heterocycles. The first-order chi connectivity index (χ1) is 12.8. The van der Waals surface area contributed by atoms with Gasteiger partial charge in [0.25, 0.3) is 5.82 Å². The van der Waals surface area contributed by atoms with Crippen molar-refractivity contribution in [2.24, 2.45) is 0 Å². The van der Waals surface area contributed by atoms with Crippen LogP contribution in [-0.4, -0.2) is 33.0 Å². The normalized spacial score (nSPS) is 17.0. The van der Waals surface area contributed by atoms with E-state index in [1.165, 1.54) is 22.3 Å². The number of benzene rings is 2. The summed E-state index contributed by atoms with van der Waals surface area (Å²) >= 11 is 0. The molecular formula is C21H23N3O2+2. The van der Waals surface area contributed by atoms with E-state index in [1.807, 2.05) is 6.07 Å². The molecule has 2 aromatic carbocycles. The van der Waals surface area contributed by atoms with E-state index < -0.39 is 0 Å². The fourth-order valence-corrected chi connectivity index (χ4v) is 3.87. The number of quaternary nitrogens is 1. The third kappa shape index (κ3) is 2.95. The smallest absolute Gasteiger partial charge is 0.275 e. The van der Waals surface area contributed by atoms with Gasteiger partial charge in [0.05, 0.1) is 0 Å². The molecule has 26 heavy (non-hydrogen) atoms. The summed E-state index contributed by atoms with van der Waals surface area (Å²) in [5.41, 5.74) is 2.51. The van der Waals surface area contributed by atoms with Gasteiger partial charge in [-0.3, -0.25) is 4.90 Å². The Balaban J connectivity index is 1.24. The Hall–Kier alpha value is -2.79. The average molecular weight is 349 g/mol. The number of aromatic nitrogens is 1. The van der Waals surface area contributed by atoms with E-state index in [4.69, 9.17) is 9.47 Å². The highest BCUT2D eigenvalue weighted by Crippen LogP contribution is 2.32. The molecule has 0 spiro atoms. The number of rotatable bonds is 3. The molecule has 5 rings (SSSR count). The van der Waals surface area contributed by atoms with Gasteiger partial charge in [-0.1, -0.05) is 18.2 Å². The van der Waals surface area contributed by atoms with E-state index in [1.54, 1.807) is 4.90 Å². The maximum absolute atomic E-state index is 5.49. The van der Waals surface area contributed by atoms with Crippen LogP contribution in [0.3, 0.4) is 0 Å². The molecule has 0 saturated carbocycles. The summed E-state index contributed by atoms with van der Waals surface area (Å²) in [6, 6.07) is 19.1. The van der Waals surface area contributed by atoms with Crippen LogP contribution in [0, 0.1) is 0 Å². The number of nitrogens with one attached hydrogen (secondary N) is 2. The zero-order chi connectivity index (χ0) is 17.3. The van der Waals surface area contributed by atoms with Gasteiger partial charge in [-0.05, 0) is 30.3 Å². The number of fused-ring (bicyclic) bond motifs is 2. The lowest BCUT2D eigenvalue weighted by molar-refractivity contribution is -0.914. The Morgan fingerprint density at radius 1 is 0.923 bits per heavy atom. The first-order valence-corrected chi connectivity index (χ1v) is 9.23. The van der Waals surface area contributed by atoms with Gasteiger partial charge in [-0.15, -0.1) is 0 Å². The van der Waals surface area contributed by atoms with Crippen LogP contribution in [0.25, 0.3) is 10.9 Å². The molecule has 0 bridgehead atoms. The minimum absolute atomic E-state index is 0.340. The summed E-state index contributed by atoms with van der Waals surface area (Å²) < 4.78 is 10.9. The van der Waals surface area contributed by atoms with Crippen LogP contribution in [0.4, 0.5) is 5.82 Å². The largest absolute Gasteiger partial charge is 0.454 e. The van der Waals surface area contributed by atoms with Gasteiger partial charge >= 0.3 is 0 Å². The molecule has 3 aromatic rings. The third-order valence-electron chi connectivity index (χ3n) is 5.35. The van der Waals surface area contributed by atoms with Crippen LogP contribution < -0.4 is 24.3 Å². The molecule has 1 saturated heterocycles. The van der Waals surface area contributed by atoms with Gasteiger partial charge in [-0.25, -0.2) is 4.98 Å². The summed E-state index contributed by atoms with van der Waals surface area (Å²) in [5.74, 6) is 2.96. The van der Waals surface area contributed by atoms with Crippen molar-refractivity contribution in [3.8, 4) is 11.5 Å². The summed E-state index contributed by atoms with van der Waals surface area (Å²) in [4.78, 5) is 7.64. The van der Waals surface area contributed by atoms with Crippen LogP contribution in [0.15, 0.2) is 54.6 Å². The standard InChI is InChI=1S/C21H21N3O2/c1-2-4-18-17(3-1)6-8-21(22-18)24-11-9-23(10-12-24)14-16-5-7-19-20(13-16)26-15-25-19/h1-8,13H,9-12,14-15H2/p+2. The van der Waals surface area contributed by atoms with Gasteiger partial charge in [0.15, 0.2) is 11.5 Å². The number of pyridine rings is 1. The van der Waals surface area contributed by atoms with E-state index in [9.17, 15) is 0 Å². The van der Waals surface area contributed by atoms with Gasteiger partial charge < -0.3 is 14.4 Å². The zero-order valence-electron chi connectivity index (χ0n) is 14.7. The van der Waals surface area contributed by atoms with Crippen molar-refractivity contribution in [1.29, 1.82) is 0 Å². The Morgan fingerprint density at radius 2 is 1.77 bits per heavy atom. The fraction of sp³-hybridized carbons (Fsp3) is 0.286. The number of para-hydroxylation sites is 1. The summed E-state index contributed by atoms with van der Waals surface area (Å²) in [6.07, 6.45) is 0. The molecule has 0 amide bonds. The van der Waals surface area contributed by atoms with Crippen molar-refractivity contribution >= 4 is 16.7 Å². The number of piperazine rings is 1. The SMILES string of the molecule is c1ccc2[nH+]c(N3CC[NH+](Cc4ccc5c(c4)OCO5)CC3)ccc2c1. The molecule has 132 valence electrons. The third-order valence-corrected chi connectivity index (χ3v) is 5.35. The Labute approximate surface area is 152 Å². The molecule has 5 heteroatoms. The second-order valence-corrected chi connectivity index (χ2v) is 7.03. The van der Waals surface area contributed by atoms with E-state index >= 15 is 0 Å². The monoisotopic (exact) mass is 349 g/mol. The number of nitrogens with zero attached hydrogens (tertiary/aromatic N) is 1. The maximum Gasteiger partial charge on any atom is 0.275 e. The van der Waals surface area contributed by atoms with Crippen molar-refractivity contribution in [1.82, 2.24) is 0 Å². The van der Waals surface area contributed by atoms with Crippen molar-refractivity contribution in [2.75, 3.05) is 37.9 Å². The molecule has 0 radical (unpaired) electrons. The topological polar surface area (TPSA) is 40.3 Å².